The molecule has 5 nitrogen and oxygen atoms in total. The van der Waals surface area contributed by atoms with Crippen molar-refractivity contribution in [3.05, 3.63) is 16.6 Å². The highest BCUT2D eigenvalue weighted by molar-refractivity contribution is 6.40. The fraction of sp³-hybridized carbons (Fsp3) is 0.200. The monoisotopic (exact) mass is 209 g/mol. The molecule has 0 aliphatic heterocycles. The number of rotatable bonds is 2. The molecule has 0 atom stereocenters. The Morgan fingerprint density at radius 2 is 2.42 bits per heavy atom. The average Bonchev–Trinajstić information content (AvgIpc) is 2.36. The van der Waals surface area contributed by atoms with Crippen LogP contribution < -0.4 is 5.48 Å². The third-order valence-corrected chi connectivity index (χ3v) is 1.94. The molecule has 1 amide bonds. The Labute approximate surface area is 77.9 Å². The first kappa shape index (κ1) is 9.31. The van der Waals surface area contributed by atoms with Crippen LogP contribution >= 0.6 is 23.2 Å². The van der Waals surface area contributed by atoms with Gasteiger partial charge in [0.15, 0.2) is 5.15 Å². The van der Waals surface area contributed by atoms with E-state index < -0.39 is 5.91 Å². The van der Waals surface area contributed by atoms with E-state index in [1.54, 1.807) is 0 Å². The van der Waals surface area contributed by atoms with Gasteiger partial charge < -0.3 is 4.57 Å². The summed E-state index contributed by atoms with van der Waals surface area (Å²) in [6.45, 7) is -0.116. The van der Waals surface area contributed by atoms with E-state index in [1.807, 2.05) is 0 Å². The molecule has 12 heavy (non-hydrogen) atoms. The van der Waals surface area contributed by atoms with Gasteiger partial charge in [-0.3, -0.25) is 10.0 Å². The number of hydrogen-bond donors (Lipinski definition) is 2. The van der Waals surface area contributed by atoms with E-state index in [2.05, 4.69) is 4.98 Å². The third-order valence-electron chi connectivity index (χ3n) is 1.17. The summed E-state index contributed by atoms with van der Waals surface area (Å²) in [4.78, 5) is 14.3. The van der Waals surface area contributed by atoms with Crippen molar-refractivity contribution < 1.29 is 10.0 Å². The molecule has 7 heteroatoms. The molecule has 0 saturated carbocycles. The zero-order chi connectivity index (χ0) is 9.14. The molecule has 2 N–H and O–H groups in total. The number of nitrogens with zero attached hydrogens (tertiary/aromatic N) is 2. The maximum atomic E-state index is 10.6. The number of hydrogen-bond acceptors (Lipinski definition) is 3. The van der Waals surface area contributed by atoms with Crippen LogP contribution in [0.15, 0.2) is 6.33 Å². The molecule has 0 saturated heterocycles. The van der Waals surface area contributed by atoms with E-state index in [0.717, 1.165) is 0 Å². The van der Waals surface area contributed by atoms with Crippen molar-refractivity contribution in [2.75, 3.05) is 0 Å². The van der Waals surface area contributed by atoms with Crippen LogP contribution in [0.1, 0.15) is 0 Å². The summed E-state index contributed by atoms with van der Waals surface area (Å²) in [6, 6.07) is 0. The van der Waals surface area contributed by atoms with Crippen LogP contribution in [0, 0.1) is 0 Å². The van der Waals surface area contributed by atoms with Gasteiger partial charge in [0, 0.05) is 0 Å². The quantitative estimate of drug-likeness (QED) is 0.557. The van der Waals surface area contributed by atoms with E-state index in [4.69, 9.17) is 28.4 Å². The largest absolute Gasteiger partial charge is 0.311 e. The van der Waals surface area contributed by atoms with Gasteiger partial charge in [0.2, 0.25) is 0 Å². The smallest absolute Gasteiger partial charge is 0.263 e. The zero-order valence-electron chi connectivity index (χ0n) is 5.79. The fourth-order valence-electron chi connectivity index (χ4n) is 0.643. The molecule has 1 aromatic rings. The SMILES string of the molecule is O=C(Cn1cnc(Cl)c1Cl)NO. The molecule has 1 heterocycles. The number of carbonyl (C=O) groups is 1. The molecule has 0 aliphatic carbocycles. The van der Waals surface area contributed by atoms with Crippen LogP contribution in [0.4, 0.5) is 0 Å². The van der Waals surface area contributed by atoms with Crippen LogP contribution in [0.2, 0.25) is 10.3 Å². The minimum absolute atomic E-state index is 0.116. The molecular weight excluding hydrogens is 205 g/mol. The average molecular weight is 210 g/mol. The maximum Gasteiger partial charge on any atom is 0.263 e. The van der Waals surface area contributed by atoms with Gasteiger partial charge in [-0.25, -0.2) is 10.5 Å². The van der Waals surface area contributed by atoms with Gasteiger partial charge in [-0.2, -0.15) is 0 Å². The molecule has 0 fully saturated rings. The number of imidazole rings is 1. The summed E-state index contributed by atoms with van der Waals surface area (Å²) in [7, 11) is 0. The van der Waals surface area contributed by atoms with Gasteiger partial charge in [-0.05, 0) is 0 Å². The van der Waals surface area contributed by atoms with Gasteiger partial charge in [0.05, 0.1) is 6.33 Å². The summed E-state index contributed by atoms with van der Waals surface area (Å²) in [5, 5.41) is 8.48. The zero-order valence-corrected chi connectivity index (χ0v) is 7.30. The number of hydroxylamine groups is 1. The predicted octanol–water partition coefficient (Wildman–Crippen LogP) is 0.695. The van der Waals surface area contributed by atoms with E-state index >= 15 is 0 Å². The number of carbonyl (C=O) groups excluding carboxylic acids is 1. The van der Waals surface area contributed by atoms with Crippen molar-refractivity contribution in [1.29, 1.82) is 0 Å². The summed E-state index contributed by atoms with van der Waals surface area (Å²) in [5.74, 6) is -0.592. The summed E-state index contributed by atoms with van der Waals surface area (Å²) in [5.41, 5.74) is 1.46. The standard InChI is InChI=1S/C5H5Cl2N3O2/c6-4-5(7)10(2-8-4)1-3(11)9-12/h2,12H,1H2,(H,9,11). The van der Waals surface area contributed by atoms with Gasteiger partial charge in [-0.1, -0.05) is 23.2 Å². The molecule has 0 aliphatic rings. The second-order valence-corrected chi connectivity index (χ2v) is 2.71. The lowest BCUT2D eigenvalue weighted by Gasteiger charge is -2.00. The normalized spacial score (nSPS) is 9.92. The van der Waals surface area contributed by atoms with Crippen LogP contribution in [-0.4, -0.2) is 20.7 Å². The van der Waals surface area contributed by atoms with E-state index in [9.17, 15) is 4.79 Å². The number of halogens is 2. The summed E-state index contributed by atoms with van der Waals surface area (Å²) < 4.78 is 1.30. The number of nitrogens with one attached hydrogen (secondary N) is 1. The first-order valence-electron chi connectivity index (χ1n) is 2.94. The van der Waals surface area contributed by atoms with Crippen molar-refractivity contribution in [1.82, 2.24) is 15.0 Å². The molecule has 66 valence electrons. The Morgan fingerprint density at radius 1 is 1.75 bits per heavy atom. The predicted molar refractivity (Wildman–Crippen MR) is 42.2 cm³/mol. The lowest BCUT2D eigenvalue weighted by molar-refractivity contribution is -0.129. The Morgan fingerprint density at radius 3 is 2.83 bits per heavy atom. The number of amides is 1. The maximum absolute atomic E-state index is 10.6. The van der Waals surface area contributed by atoms with Crippen molar-refractivity contribution >= 4 is 29.1 Å². The second kappa shape index (κ2) is 3.75. The van der Waals surface area contributed by atoms with Crippen LogP contribution in [0.25, 0.3) is 0 Å². The Kier molecular flexibility index (Phi) is 2.91. The highest BCUT2D eigenvalue weighted by Gasteiger charge is 2.08. The second-order valence-electron chi connectivity index (χ2n) is 1.99. The highest BCUT2D eigenvalue weighted by Crippen LogP contribution is 2.18. The van der Waals surface area contributed by atoms with Gasteiger partial charge in [-0.15, -0.1) is 0 Å². The summed E-state index contributed by atoms with van der Waals surface area (Å²) in [6.07, 6.45) is 1.31. The minimum atomic E-state index is -0.592. The Bertz CT molecular complexity index is 299. The van der Waals surface area contributed by atoms with Gasteiger partial charge >= 0.3 is 0 Å². The number of aromatic nitrogens is 2. The van der Waals surface area contributed by atoms with Crippen molar-refractivity contribution in [2.45, 2.75) is 6.54 Å². The van der Waals surface area contributed by atoms with Crippen molar-refractivity contribution in [3.63, 3.8) is 0 Å². The molecule has 0 radical (unpaired) electrons. The minimum Gasteiger partial charge on any atom is -0.311 e. The molecule has 1 rings (SSSR count). The highest BCUT2D eigenvalue weighted by atomic mass is 35.5. The van der Waals surface area contributed by atoms with Crippen LogP contribution in [0.3, 0.4) is 0 Å². The van der Waals surface area contributed by atoms with Gasteiger partial charge in [0.1, 0.15) is 11.7 Å². The summed E-state index contributed by atoms with van der Waals surface area (Å²) >= 11 is 11.1. The Balaban J connectivity index is 2.76. The van der Waals surface area contributed by atoms with Crippen molar-refractivity contribution in [3.8, 4) is 0 Å². The van der Waals surface area contributed by atoms with E-state index in [-0.39, 0.29) is 16.9 Å². The fourth-order valence-corrected chi connectivity index (χ4v) is 0.948. The van der Waals surface area contributed by atoms with Crippen molar-refractivity contribution in [2.24, 2.45) is 0 Å². The van der Waals surface area contributed by atoms with E-state index in [0.29, 0.717) is 0 Å². The lowest BCUT2D eigenvalue weighted by atomic mass is 10.6. The Hall–Kier alpha value is -0.780. The first-order valence-corrected chi connectivity index (χ1v) is 3.70. The molecular formula is C5H5Cl2N3O2. The molecule has 0 aromatic carbocycles. The molecule has 0 spiro atoms. The first-order chi connectivity index (χ1) is 5.65. The molecule has 1 aromatic heterocycles. The third kappa shape index (κ3) is 1.88. The van der Waals surface area contributed by atoms with Crippen LogP contribution in [-0.2, 0) is 11.3 Å². The molecule has 0 unspecified atom stereocenters. The van der Waals surface area contributed by atoms with Gasteiger partial charge in [0.25, 0.3) is 5.91 Å². The lowest BCUT2D eigenvalue weighted by Crippen LogP contribution is -2.23. The van der Waals surface area contributed by atoms with E-state index in [1.165, 1.54) is 16.4 Å². The molecule has 0 bridgehead atoms. The topological polar surface area (TPSA) is 67.2 Å². The van der Waals surface area contributed by atoms with Crippen LogP contribution in [0.5, 0.6) is 0 Å².